The monoisotopic (exact) mass is 362 g/mol. The van der Waals surface area contributed by atoms with E-state index in [1.807, 2.05) is 19.1 Å². The maximum atomic E-state index is 12.4. The third-order valence-corrected chi connectivity index (χ3v) is 4.78. The Balaban J connectivity index is 1.47. The minimum Gasteiger partial charge on any atom is -0.360 e. The van der Waals surface area contributed by atoms with E-state index in [0.29, 0.717) is 11.6 Å². The Labute approximate surface area is 152 Å². The van der Waals surface area contributed by atoms with Gasteiger partial charge in [-0.1, -0.05) is 28.9 Å². The van der Waals surface area contributed by atoms with Crippen LogP contribution in [0.3, 0.4) is 0 Å². The molecule has 0 saturated carbocycles. The van der Waals surface area contributed by atoms with Gasteiger partial charge in [-0.15, -0.1) is 0 Å². The van der Waals surface area contributed by atoms with Crippen LogP contribution in [0.1, 0.15) is 18.2 Å². The first-order valence-corrected chi connectivity index (χ1v) is 8.84. The van der Waals surface area contributed by atoms with E-state index in [2.05, 4.69) is 32.4 Å². The molecular formula is C18H23ClN4O2. The van der Waals surface area contributed by atoms with E-state index in [4.69, 9.17) is 16.1 Å². The number of anilines is 1. The standard InChI is InChI=1S/C18H23ClN4O2/c1-13-11-17(21-25-13)20-18(24)14(2)23-9-7-22(8-10-23)12-15-3-5-16(19)6-4-15/h3-6,11,14H,7-10,12H2,1-2H3,(H,20,21,24). The second-order valence-electron chi connectivity index (χ2n) is 6.43. The van der Waals surface area contributed by atoms with Gasteiger partial charge in [-0.05, 0) is 31.5 Å². The number of hydrogen-bond donors (Lipinski definition) is 1. The lowest BCUT2D eigenvalue weighted by Gasteiger charge is -2.37. The highest BCUT2D eigenvalue weighted by molar-refractivity contribution is 6.30. The molecule has 1 atom stereocenters. The highest BCUT2D eigenvalue weighted by Crippen LogP contribution is 2.15. The fraction of sp³-hybridized carbons (Fsp3) is 0.444. The minimum atomic E-state index is -0.199. The molecule has 1 aliphatic rings. The van der Waals surface area contributed by atoms with Crippen molar-refractivity contribution in [2.24, 2.45) is 0 Å². The summed E-state index contributed by atoms with van der Waals surface area (Å²) in [5.41, 5.74) is 1.25. The zero-order valence-electron chi connectivity index (χ0n) is 14.5. The summed E-state index contributed by atoms with van der Waals surface area (Å²) in [6.07, 6.45) is 0. The molecule has 1 fully saturated rings. The van der Waals surface area contributed by atoms with Gasteiger partial charge >= 0.3 is 0 Å². The van der Waals surface area contributed by atoms with Crippen LogP contribution < -0.4 is 5.32 Å². The van der Waals surface area contributed by atoms with E-state index in [9.17, 15) is 4.79 Å². The third-order valence-electron chi connectivity index (χ3n) is 4.53. The van der Waals surface area contributed by atoms with Crippen LogP contribution in [0.4, 0.5) is 5.82 Å². The van der Waals surface area contributed by atoms with Crippen molar-refractivity contribution in [2.45, 2.75) is 26.4 Å². The molecule has 0 spiro atoms. The maximum Gasteiger partial charge on any atom is 0.242 e. The number of carbonyl (C=O) groups excluding carboxylic acids is 1. The molecule has 1 saturated heterocycles. The summed E-state index contributed by atoms with van der Waals surface area (Å²) in [7, 11) is 0. The lowest BCUT2D eigenvalue weighted by atomic mass is 10.1. The van der Waals surface area contributed by atoms with Gasteiger partial charge in [0, 0.05) is 43.8 Å². The van der Waals surface area contributed by atoms with Crippen molar-refractivity contribution in [1.29, 1.82) is 0 Å². The second kappa shape index (κ2) is 7.99. The Kier molecular flexibility index (Phi) is 5.73. The van der Waals surface area contributed by atoms with Gasteiger partial charge in [0.1, 0.15) is 5.76 Å². The van der Waals surface area contributed by atoms with Crippen molar-refractivity contribution >= 4 is 23.3 Å². The molecule has 2 aromatic rings. The van der Waals surface area contributed by atoms with Gasteiger partial charge in [0.25, 0.3) is 0 Å². The first kappa shape index (κ1) is 17.9. The maximum absolute atomic E-state index is 12.4. The summed E-state index contributed by atoms with van der Waals surface area (Å²) < 4.78 is 4.98. The first-order valence-electron chi connectivity index (χ1n) is 8.46. The molecular weight excluding hydrogens is 340 g/mol. The topological polar surface area (TPSA) is 61.6 Å². The molecule has 1 aliphatic heterocycles. The predicted octanol–water partition coefficient (Wildman–Crippen LogP) is 2.78. The summed E-state index contributed by atoms with van der Waals surface area (Å²) in [6.45, 7) is 8.22. The van der Waals surface area contributed by atoms with Gasteiger partial charge in [-0.25, -0.2) is 0 Å². The Morgan fingerprint density at radius 3 is 2.56 bits per heavy atom. The Morgan fingerprint density at radius 2 is 1.96 bits per heavy atom. The van der Waals surface area contributed by atoms with Gasteiger partial charge in [-0.3, -0.25) is 14.6 Å². The number of carbonyl (C=O) groups is 1. The highest BCUT2D eigenvalue weighted by atomic mass is 35.5. The molecule has 1 amide bonds. The average molecular weight is 363 g/mol. The van der Waals surface area contributed by atoms with E-state index in [-0.39, 0.29) is 11.9 Å². The van der Waals surface area contributed by atoms with Crippen LogP contribution in [0.25, 0.3) is 0 Å². The van der Waals surface area contributed by atoms with Gasteiger partial charge in [0.2, 0.25) is 5.91 Å². The van der Waals surface area contributed by atoms with Gasteiger partial charge in [0.05, 0.1) is 6.04 Å². The number of aromatic nitrogens is 1. The summed E-state index contributed by atoms with van der Waals surface area (Å²) >= 11 is 5.93. The van der Waals surface area contributed by atoms with Crippen LogP contribution in [0.15, 0.2) is 34.9 Å². The third kappa shape index (κ3) is 4.81. The van der Waals surface area contributed by atoms with Crippen molar-refractivity contribution in [3.63, 3.8) is 0 Å². The molecule has 7 heteroatoms. The molecule has 1 N–H and O–H groups in total. The zero-order chi connectivity index (χ0) is 17.8. The fourth-order valence-electron chi connectivity index (χ4n) is 2.98. The Bertz CT molecular complexity index is 708. The van der Waals surface area contributed by atoms with Crippen LogP contribution in [0, 0.1) is 6.92 Å². The number of amides is 1. The van der Waals surface area contributed by atoms with E-state index < -0.39 is 0 Å². The van der Waals surface area contributed by atoms with E-state index in [1.54, 1.807) is 13.0 Å². The lowest BCUT2D eigenvalue weighted by molar-refractivity contribution is -0.121. The predicted molar refractivity (Wildman–Crippen MR) is 97.6 cm³/mol. The molecule has 6 nitrogen and oxygen atoms in total. The van der Waals surface area contributed by atoms with Crippen LogP contribution in [-0.4, -0.2) is 53.1 Å². The lowest BCUT2D eigenvalue weighted by Crippen LogP contribution is -2.52. The molecule has 25 heavy (non-hydrogen) atoms. The van der Waals surface area contributed by atoms with E-state index in [1.165, 1.54) is 5.56 Å². The number of benzene rings is 1. The first-order chi connectivity index (χ1) is 12.0. The SMILES string of the molecule is Cc1cc(NC(=O)C(C)N2CCN(Cc3ccc(Cl)cc3)CC2)no1. The number of hydrogen-bond acceptors (Lipinski definition) is 5. The number of piperazine rings is 1. The molecule has 0 bridgehead atoms. The largest absolute Gasteiger partial charge is 0.360 e. The fourth-order valence-corrected chi connectivity index (χ4v) is 3.10. The molecule has 134 valence electrons. The normalized spacial score (nSPS) is 17.4. The van der Waals surface area contributed by atoms with E-state index in [0.717, 1.165) is 37.7 Å². The number of nitrogens with one attached hydrogen (secondary N) is 1. The number of nitrogens with zero attached hydrogens (tertiary/aromatic N) is 3. The minimum absolute atomic E-state index is 0.0561. The molecule has 1 aromatic carbocycles. The van der Waals surface area contributed by atoms with Gasteiger partial charge in [0.15, 0.2) is 5.82 Å². The van der Waals surface area contributed by atoms with Crippen LogP contribution >= 0.6 is 11.6 Å². The van der Waals surface area contributed by atoms with Crippen LogP contribution in [-0.2, 0) is 11.3 Å². The number of aryl methyl sites for hydroxylation is 1. The Morgan fingerprint density at radius 1 is 1.28 bits per heavy atom. The van der Waals surface area contributed by atoms with Crippen molar-refractivity contribution < 1.29 is 9.32 Å². The number of halogens is 1. The molecule has 0 radical (unpaired) electrons. The summed E-state index contributed by atoms with van der Waals surface area (Å²) in [5, 5.41) is 7.37. The molecule has 0 aliphatic carbocycles. The van der Waals surface area contributed by atoms with Crippen molar-refractivity contribution in [1.82, 2.24) is 15.0 Å². The molecule has 1 aromatic heterocycles. The van der Waals surface area contributed by atoms with Gasteiger partial charge in [-0.2, -0.15) is 0 Å². The van der Waals surface area contributed by atoms with Crippen molar-refractivity contribution in [2.75, 3.05) is 31.5 Å². The molecule has 2 heterocycles. The average Bonchev–Trinajstić information content (AvgIpc) is 3.02. The number of rotatable bonds is 5. The summed E-state index contributed by atoms with van der Waals surface area (Å²) in [6, 6.07) is 9.48. The summed E-state index contributed by atoms with van der Waals surface area (Å²) in [5.74, 6) is 1.09. The zero-order valence-corrected chi connectivity index (χ0v) is 15.3. The van der Waals surface area contributed by atoms with Gasteiger partial charge < -0.3 is 9.84 Å². The smallest absolute Gasteiger partial charge is 0.242 e. The molecule has 3 rings (SSSR count). The highest BCUT2D eigenvalue weighted by Gasteiger charge is 2.26. The van der Waals surface area contributed by atoms with Crippen LogP contribution in [0.5, 0.6) is 0 Å². The van der Waals surface area contributed by atoms with E-state index >= 15 is 0 Å². The molecule has 1 unspecified atom stereocenters. The van der Waals surface area contributed by atoms with Crippen molar-refractivity contribution in [3.8, 4) is 0 Å². The quantitative estimate of drug-likeness (QED) is 0.886. The van der Waals surface area contributed by atoms with Crippen molar-refractivity contribution in [3.05, 3.63) is 46.7 Å². The second-order valence-corrected chi connectivity index (χ2v) is 6.86. The summed E-state index contributed by atoms with van der Waals surface area (Å²) in [4.78, 5) is 17.0. The van der Waals surface area contributed by atoms with Crippen LogP contribution in [0.2, 0.25) is 5.02 Å². The Hall–Kier alpha value is -1.89.